The Morgan fingerprint density at radius 1 is 1.18 bits per heavy atom. The molecule has 0 saturated carbocycles. The van der Waals surface area contributed by atoms with E-state index in [1.807, 2.05) is 6.92 Å². The van der Waals surface area contributed by atoms with Gasteiger partial charge in [-0.1, -0.05) is 25.2 Å². The third-order valence-electron chi connectivity index (χ3n) is 6.21. The van der Waals surface area contributed by atoms with E-state index in [2.05, 4.69) is 22.1 Å². The lowest BCUT2D eigenvalue weighted by molar-refractivity contribution is -0.116. The van der Waals surface area contributed by atoms with Crippen molar-refractivity contribution >= 4 is 38.4 Å². The number of fused-ring (bicyclic) bond motifs is 2. The van der Waals surface area contributed by atoms with Gasteiger partial charge in [-0.25, -0.2) is 9.78 Å². The molecule has 0 unspecified atom stereocenters. The highest BCUT2D eigenvalue weighted by atomic mass is 32.1. The van der Waals surface area contributed by atoms with Crippen LogP contribution in [0, 0.1) is 5.92 Å². The van der Waals surface area contributed by atoms with E-state index in [9.17, 15) is 14.4 Å². The topological polar surface area (TPSA) is 108 Å². The summed E-state index contributed by atoms with van der Waals surface area (Å²) >= 11 is 1.30. The summed E-state index contributed by atoms with van der Waals surface area (Å²) in [6, 6.07) is 5.10. The minimum Gasteiger partial charge on any atom is -0.454 e. The van der Waals surface area contributed by atoms with Gasteiger partial charge in [0.25, 0.3) is 5.56 Å². The van der Waals surface area contributed by atoms with Crippen molar-refractivity contribution in [1.82, 2.24) is 14.1 Å². The van der Waals surface area contributed by atoms with E-state index in [1.54, 1.807) is 18.2 Å². The van der Waals surface area contributed by atoms with Crippen molar-refractivity contribution in [3.05, 3.63) is 39.0 Å². The zero-order valence-corrected chi connectivity index (χ0v) is 20.0. The van der Waals surface area contributed by atoms with Crippen molar-refractivity contribution in [1.29, 1.82) is 0 Å². The summed E-state index contributed by atoms with van der Waals surface area (Å²) in [6.07, 6.45) is 2.74. The molecule has 0 atom stereocenters. The van der Waals surface area contributed by atoms with Gasteiger partial charge >= 0.3 is 5.69 Å². The van der Waals surface area contributed by atoms with Crippen molar-refractivity contribution in [3.8, 4) is 11.5 Å². The predicted octanol–water partition coefficient (Wildman–Crippen LogP) is 2.63. The summed E-state index contributed by atoms with van der Waals surface area (Å²) in [5.41, 5.74) is -0.0728. The lowest BCUT2D eigenvalue weighted by Gasteiger charge is -2.29. The zero-order chi connectivity index (χ0) is 23.8. The molecule has 3 aromatic rings. The second-order valence-electron chi connectivity index (χ2n) is 8.76. The minimum absolute atomic E-state index is 0.140. The fourth-order valence-electron chi connectivity index (χ4n) is 4.29. The molecule has 0 radical (unpaired) electrons. The lowest BCUT2D eigenvalue weighted by Crippen LogP contribution is -2.41. The predicted molar refractivity (Wildman–Crippen MR) is 130 cm³/mol. The van der Waals surface area contributed by atoms with E-state index in [0.717, 1.165) is 31.1 Å². The number of aromatic nitrogens is 3. The Bertz CT molecular complexity index is 1350. The molecule has 2 aliphatic heterocycles. The second kappa shape index (κ2) is 9.13. The maximum atomic E-state index is 13.2. The number of carbonyl (C=O) groups excluding carboxylic acids is 1. The molecule has 5 rings (SSSR count). The highest BCUT2D eigenvalue weighted by Crippen LogP contribution is 2.34. The zero-order valence-electron chi connectivity index (χ0n) is 19.2. The van der Waals surface area contributed by atoms with Crippen LogP contribution < -0.4 is 30.9 Å². The van der Waals surface area contributed by atoms with Gasteiger partial charge in [0.15, 0.2) is 22.3 Å². The molecule has 1 N–H and O–H groups in total. The molecular formula is C23H27N5O5S. The van der Waals surface area contributed by atoms with Crippen LogP contribution in [0.15, 0.2) is 27.8 Å². The lowest BCUT2D eigenvalue weighted by atomic mass is 10.00. The van der Waals surface area contributed by atoms with E-state index >= 15 is 0 Å². The number of benzene rings is 1. The molecule has 1 fully saturated rings. The van der Waals surface area contributed by atoms with Crippen molar-refractivity contribution in [3.63, 3.8) is 0 Å². The normalized spacial score (nSPS) is 15.8. The van der Waals surface area contributed by atoms with Crippen LogP contribution in [0.5, 0.6) is 11.5 Å². The maximum absolute atomic E-state index is 13.2. The first-order valence-corrected chi connectivity index (χ1v) is 12.3. The first kappa shape index (κ1) is 22.5. The molecule has 1 saturated heterocycles. The smallest absolute Gasteiger partial charge is 0.333 e. The van der Waals surface area contributed by atoms with Crippen LogP contribution in [0.25, 0.3) is 10.3 Å². The molecule has 11 heteroatoms. The third kappa shape index (κ3) is 4.15. The van der Waals surface area contributed by atoms with Gasteiger partial charge in [0, 0.05) is 31.4 Å². The van der Waals surface area contributed by atoms with Gasteiger partial charge in [-0.2, -0.15) is 0 Å². The quantitative estimate of drug-likeness (QED) is 0.572. The van der Waals surface area contributed by atoms with Crippen molar-refractivity contribution < 1.29 is 14.3 Å². The van der Waals surface area contributed by atoms with E-state index in [1.165, 1.54) is 20.5 Å². The van der Waals surface area contributed by atoms with Crippen LogP contribution in [0.1, 0.15) is 33.1 Å². The Hall–Kier alpha value is -3.34. The number of nitrogens with zero attached hydrogens (tertiary/aromatic N) is 4. The third-order valence-corrected chi connectivity index (χ3v) is 7.31. The highest BCUT2D eigenvalue weighted by molar-refractivity contribution is 7.22. The van der Waals surface area contributed by atoms with Crippen molar-refractivity contribution in [2.75, 3.05) is 30.1 Å². The number of carbonyl (C=O) groups is 1. The summed E-state index contributed by atoms with van der Waals surface area (Å²) in [7, 11) is 0. The number of thiazole rings is 1. The van der Waals surface area contributed by atoms with Crippen LogP contribution in [0.4, 0.5) is 10.8 Å². The van der Waals surface area contributed by atoms with E-state index in [0.29, 0.717) is 34.2 Å². The monoisotopic (exact) mass is 485 g/mol. The van der Waals surface area contributed by atoms with Crippen LogP contribution in [0.3, 0.4) is 0 Å². The molecule has 1 aromatic carbocycles. The molecule has 0 spiro atoms. The van der Waals surface area contributed by atoms with Gasteiger partial charge in [-0.3, -0.25) is 18.7 Å². The Kier molecular flexibility index (Phi) is 6.03. The Morgan fingerprint density at radius 2 is 1.94 bits per heavy atom. The molecular weight excluding hydrogens is 458 g/mol. The van der Waals surface area contributed by atoms with E-state index in [-0.39, 0.29) is 31.1 Å². The molecule has 34 heavy (non-hydrogen) atoms. The second-order valence-corrected chi connectivity index (χ2v) is 9.74. The van der Waals surface area contributed by atoms with Gasteiger partial charge in [0.05, 0.1) is 0 Å². The van der Waals surface area contributed by atoms with Gasteiger partial charge in [0.2, 0.25) is 12.7 Å². The standard InChI is InChI=1S/C23H27N5O5S/c1-3-8-27-21(30)19-20(25-22(34-19)26-9-6-14(2)7-10-26)28(23(27)31)12-18(29)24-15-4-5-16-17(11-15)33-13-32-16/h4-5,11,14H,3,6-10,12-13H2,1-2H3,(H,24,29). The number of amides is 1. The Balaban J connectivity index is 1.48. The molecule has 0 aliphatic carbocycles. The fraction of sp³-hybridized carbons (Fsp3) is 0.478. The molecule has 4 heterocycles. The first-order valence-electron chi connectivity index (χ1n) is 11.5. The summed E-state index contributed by atoms with van der Waals surface area (Å²) in [5, 5.41) is 3.52. The molecule has 2 aromatic heterocycles. The molecule has 180 valence electrons. The Labute approximate surface area is 199 Å². The maximum Gasteiger partial charge on any atom is 0.333 e. The van der Waals surface area contributed by atoms with Gasteiger partial charge < -0.3 is 19.7 Å². The van der Waals surface area contributed by atoms with Gasteiger partial charge in [-0.05, 0) is 37.3 Å². The van der Waals surface area contributed by atoms with Gasteiger partial charge in [0.1, 0.15) is 11.2 Å². The molecule has 2 aliphatic rings. The molecule has 10 nitrogen and oxygen atoms in total. The van der Waals surface area contributed by atoms with Crippen LogP contribution in [-0.4, -0.2) is 39.9 Å². The number of rotatable bonds is 6. The number of hydrogen-bond donors (Lipinski definition) is 1. The fourth-order valence-corrected chi connectivity index (χ4v) is 5.36. The number of piperidine rings is 1. The average molecular weight is 486 g/mol. The number of nitrogens with one attached hydrogen (secondary N) is 1. The van der Waals surface area contributed by atoms with E-state index < -0.39 is 11.6 Å². The number of ether oxygens (including phenoxy) is 2. The van der Waals surface area contributed by atoms with Gasteiger partial charge in [-0.15, -0.1) is 0 Å². The van der Waals surface area contributed by atoms with Crippen LogP contribution >= 0.6 is 11.3 Å². The summed E-state index contributed by atoms with van der Waals surface area (Å²) < 4.78 is 13.6. The van der Waals surface area contributed by atoms with Crippen molar-refractivity contribution in [2.45, 2.75) is 46.2 Å². The minimum atomic E-state index is -0.524. The van der Waals surface area contributed by atoms with E-state index in [4.69, 9.17) is 9.47 Å². The largest absolute Gasteiger partial charge is 0.454 e. The SMILES string of the molecule is CCCn1c(=O)c2sc(N3CCC(C)CC3)nc2n(CC(=O)Nc2ccc3c(c2)OCO3)c1=O. The first-order chi connectivity index (χ1) is 16.4. The Morgan fingerprint density at radius 3 is 2.71 bits per heavy atom. The summed E-state index contributed by atoms with van der Waals surface area (Å²) in [4.78, 5) is 46.1. The number of hydrogen-bond acceptors (Lipinski definition) is 8. The molecule has 1 amide bonds. The average Bonchev–Trinajstić information content (AvgIpc) is 3.47. The van der Waals surface area contributed by atoms with Crippen LogP contribution in [0.2, 0.25) is 0 Å². The highest BCUT2D eigenvalue weighted by Gasteiger charge is 2.24. The number of anilines is 2. The summed E-state index contributed by atoms with van der Waals surface area (Å²) in [6.45, 7) is 6.02. The molecule has 0 bridgehead atoms. The van der Waals surface area contributed by atoms with Crippen LogP contribution in [-0.2, 0) is 17.9 Å². The summed E-state index contributed by atoms with van der Waals surface area (Å²) in [5.74, 6) is 1.43. The van der Waals surface area contributed by atoms with Crippen molar-refractivity contribution in [2.24, 2.45) is 5.92 Å².